The molecule has 136 valence electrons. The summed E-state index contributed by atoms with van der Waals surface area (Å²) >= 11 is 0. The van der Waals surface area contributed by atoms with E-state index in [1.165, 1.54) is 36.3 Å². The van der Waals surface area contributed by atoms with Gasteiger partial charge in [-0.15, -0.1) is 0 Å². The van der Waals surface area contributed by atoms with Crippen LogP contribution in [0.25, 0.3) is 0 Å². The van der Waals surface area contributed by atoms with Crippen LogP contribution in [0.3, 0.4) is 0 Å². The number of aromatic nitrogens is 4. The molecule has 26 heavy (non-hydrogen) atoms. The van der Waals surface area contributed by atoms with Crippen LogP contribution in [0.2, 0.25) is 0 Å². The Hall–Kier alpha value is -3.17. The molecule has 0 saturated heterocycles. The topological polar surface area (TPSA) is 64.7 Å². The predicted octanol–water partition coefficient (Wildman–Crippen LogP) is 3.08. The van der Waals surface area contributed by atoms with Gasteiger partial charge < -0.3 is 5.32 Å². The molecule has 0 aliphatic carbocycles. The molecule has 1 N–H and O–H groups in total. The lowest BCUT2D eigenvalue weighted by molar-refractivity contribution is -0.141. The van der Waals surface area contributed by atoms with Crippen LogP contribution in [-0.4, -0.2) is 25.5 Å². The van der Waals surface area contributed by atoms with Gasteiger partial charge in [-0.1, -0.05) is 12.1 Å². The molecule has 0 aliphatic heterocycles. The normalized spacial score (nSPS) is 11.6. The molecule has 0 saturated carbocycles. The summed E-state index contributed by atoms with van der Waals surface area (Å²) in [6, 6.07) is 6.64. The summed E-state index contributed by atoms with van der Waals surface area (Å²) in [5.74, 6) is -1.12. The third-order valence-corrected chi connectivity index (χ3v) is 3.53. The van der Waals surface area contributed by atoms with E-state index in [0.717, 1.165) is 4.68 Å². The van der Waals surface area contributed by atoms with Gasteiger partial charge in [0.15, 0.2) is 5.69 Å². The van der Waals surface area contributed by atoms with E-state index < -0.39 is 17.8 Å². The van der Waals surface area contributed by atoms with Crippen molar-refractivity contribution >= 4 is 11.6 Å². The Balaban J connectivity index is 1.71. The number of carbonyl (C=O) groups excluding carboxylic acids is 1. The number of hydrogen-bond acceptors (Lipinski definition) is 3. The first-order valence-corrected chi connectivity index (χ1v) is 7.42. The van der Waals surface area contributed by atoms with Gasteiger partial charge in [-0.3, -0.25) is 14.2 Å². The average molecular weight is 367 g/mol. The summed E-state index contributed by atoms with van der Waals surface area (Å²) in [6.45, 7) is 0.275. The van der Waals surface area contributed by atoms with E-state index in [0.29, 0.717) is 17.3 Å². The number of anilines is 1. The second-order valence-electron chi connectivity index (χ2n) is 5.55. The van der Waals surface area contributed by atoms with Gasteiger partial charge >= 0.3 is 6.18 Å². The molecule has 1 aromatic carbocycles. The summed E-state index contributed by atoms with van der Waals surface area (Å²) in [5, 5.41) is 9.78. The molecule has 0 fully saturated rings. The molecule has 0 unspecified atom stereocenters. The van der Waals surface area contributed by atoms with Gasteiger partial charge in [-0.25, -0.2) is 4.39 Å². The van der Waals surface area contributed by atoms with Gasteiger partial charge in [-0.05, 0) is 17.7 Å². The lowest BCUT2D eigenvalue weighted by atomic mass is 10.2. The molecule has 1 amide bonds. The fourth-order valence-corrected chi connectivity index (χ4v) is 2.35. The van der Waals surface area contributed by atoms with Crippen LogP contribution in [0, 0.1) is 5.82 Å². The van der Waals surface area contributed by atoms with Crippen LogP contribution in [0.5, 0.6) is 0 Å². The standard InChI is InChI=1S/C16H13F4N5O/c1-24-13(6-14(23-24)16(18,19)20)15(26)22-12-7-21-25(9-12)8-10-3-2-4-11(17)5-10/h2-7,9H,8H2,1H3,(H,22,26). The van der Waals surface area contributed by atoms with E-state index in [2.05, 4.69) is 15.5 Å². The summed E-state index contributed by atoms with van der Waals surface area (Å²) in [6.07, 6.45) is -1.80. The quantitative estimate of drug-likeness (QED) is 0.721. The SMILES string of the molecule is Cn1nc(C(F)(F)F)cc1C(=O)Nc1cnn(Cc2cccc(F)c2)c1. The van der Waals surface area contributed by atoms with Crippen molar-refractivity contribution in [3.05, 3.63) is 65.5 Å². The molecule has 2 heterocycles. The molecule has 10 heteroatoms. The number of hydrogen-bond donors (Lipinski definition) is 1. The number of aryl methyl sites for hydroxylation is 1. The van der Waals surface area contributed by atoms with Crippen LogP contribution in [0.1, 0.15) is 21.7 Å². The van der Waals surface area contributed by atoms with E-state index in [4.69, 9.17) is 0 Å². The van der Waals surface area contributed by atoms with Gasteiger partial charge in [-0.2, -0.15) is 23.4 Å². The third-order valence-electron chi connectivity index (χ3n) is 3.53. The molecule has 2 aromatic heterocycles. The van der Waals surface area contributed by atoms with Crippen molar-refractivity contribution in [3.8, 4) is 0 Å². The summed E-state index contributed by atoms with van der Waals surface area (Å²) in [5.41, 5.74) is -0.421. The number of rotatable bonds is 4. The minimum Gasteiger partial charge on any atom is -0.318 e. The van der Waals surface area contributed by atoms with E-state index in [1.807, 2.05) is 0 Å². The van der Waals surface area contributed by atoms with Crippen molar-refractivity contribution in [2.75, 3.05) is 5.32 Å². The molecule has 0 aliphatic rings. The minimum atomic E-state index is -4.63. The number of amides is 1. The highest BCUT2D eigenvalue weighted by Crippen LogP contribution is 2.28. The largest absolute Gasteiger partial charge is 0.435 e. The number of benzene rings is 1. The Bertz CT molecular complexity index is 944. The molecule has 6 nitrogen and oxygen atoms in total. The van der Waals surface area contributed by atoms with Crippen LogP contribution in [-0.2, 0) is 19.8 Å². The monoisotopic (exact) mass is 367 g/mol. The fourth-order valence-electron chi connectivity index (χ4n) is 2.35. The fraction of sp³-hybridized carbons (Fsp3) is 0.188. The lowest BCUT2D eigenvalue weighted by Crippen LogP contribution is -2.15. The maximum atomic E-state index is 13.2. The molecule has 0 radical (unpaired) electrons. The number of nitrogens with zero attached hydrogens (tertiary/aromatic N) is 4. The van der Waals surface area contributed by atoms with Crippen LogP contribution in [0.15, 0.2) is 42.7 Å². The van der Waals surface area contributed by atoms with Crippen molar-refractivity contribution in [1.82, 2.24) is 19.6 Å². The zero-order valence-electron chi connectivity index (χ0n) is 13.5. The minimum absolute atomic E-state index is 0.241. The third kappa shape index (κ3) is 3.90. The first-order valence-electron chi connectivity index (χ1n) is 7.42. The van der Waals surface area contributed by atoms with Crippen molar-refractivity contribution in [1.29, 1.82) is 0 Å². The zero-order chi connectivity index (χ0) is 18.9. The second-order valence-corrected chi connectivity index (χ2v) is 5.55. The Labute approximate surface area is 145 Å². The highest BCUT2D eigenvalue weighted by Gasteiger charge is 2.35. The second kappa shape index (κ2) is 6.62. The summed E-state index contributed by atoms with van der Waals surface area (Å²) in [4.78, 5) is 12.2. The average Bonchev–Trinajstić information content (AvgIpc) is 3.13. The van der Waals surface area contributed by atoms with Gasteiger partial charge in [0.05, 0.1) is 18.4 Å². The maximum absolute atomic E-state index is 13.2. The van der Waals surface area contributed by atoms with Crippen molar-refractivity contribution in [2.45, 2.75) is 12.7 Å². The molecule has 0 bridgehead atoms. The van der Waals surface area contributed by atoms with Crippen LogP contribution < -0.4 is 5.32 Å². The van der Waals surface area contributed by atoms with Crippen LogP contribution in [0.4, 0.5) is 23.2 Å². The number of halogens is 4. The Morgan fingerprint density at radius 1 is 1.27 bits per heavy atom. The predicted molar refractivity (Wildman–Crippen MR) is 83.9 cm³/mol. The first kappa shape index (κ1) is 17.6. The van der Waals surface area contributed by atoms with Gasteiger partial charge in [0.2, 0.25) is 0 Å². The summed E-state index contributed by atoms with van der Waals surface area (Å²) in [7, 11) is 1.25. The van der Waals surface area contributed by atoms with Crippen molar-refractivity contribution in [2.24, 2.45) is 7.05 Å². The Morgan fingerprint density at radius 3 is 2.69 bits per heavy atom. The van der Waals surface area contributed by atoms with Crippen LogP contribution >= 0.6 is 0 Å². The summed E-state index contributed by atoms with van der Waals surface area (Å²) < 4.78 is 53.5. The first-order chi connectivity index (χ1) is 12.2. The molecule has 3 aromatic rings. The van der Waals surface area contributed by atoms with E-state index in [1.54, 1.807) is 12.1 Å². The smallest absolute Gasteiger partial charge is 0.318 e. The van der Waals surface area contributed by atoms with Gasteiger partial charge in [0.25, 0.3) is 5.91 Å². The number of carbonyl (C=O) groups is 1. The van der Waals surface area contributed by atoms with Gasteiger partial charge in [0.1, 0.15) is 11.5 Å². The van der Waals surface area contributed by atoms with E-state index in [-0.39, 0.29) is 18.1 Å². The lowest BCUT2D eigenvalue weighted by Gasteiger charge is -2.03. The highest BCUT2D eigenvalue weighted by molar-refractivity contribution is 6.03. The highest BCUT2D eigenvalue weighted by atomic mass is 19.4. The number of nitrogens with one attached hydrogen (secondary N) is 1. The molecule has 0 atom stereocenters. The van der Waals surface area contributed by atoms with Crippen molar-refractivity contribution in [3.63, 3.8) is 0 Å². The molecule has 0 spiro atoms. The molecule has 3 rings (SSSR count). The molecular formula is C16H13F4N5O. The number of alkyl halides is 3. The Morgan fingerprint density at radius 2 is 2.04 bits per heavy atom. The van der Waals surface area contributed by atoms with Gasteiger partial charge in [0, 0.05) is 19.3 Å². The van der Waals surface area contributed by atoms with E-state index >= 15 is 0 Å². The van der Waals surface area contributed by atoms with Crippen molar-refractivity contribution < 1.29 is 22.4 Å². The Kier molecular flexibility index (Phi) is 4.49. The van der Waals surface area contributed by atoms with E-state index in [9.17, 15) is 22.4 Å². The zero-order valence-corrected chi connectivity index (χ0v) is 13.5. The maximum Gasteiger partial charge on any atom is 0.435 e. The molecular weight excluding hydrogens is 354 g/mol.